The minimum Gasteiger partial charge on any atom is -0.265 e. The molecule has 290 valence electrons. The lowest BCUT2D eigenvalue weighted by Crippen LogP contribution is -1.98. The molecule has 11 rings (SSSR count). The molecular weight excluding hydrogens is 747 g/mol. The van der Waals surface area contributed by atoms with Crippen LogP contribution in [0.4, 0.5) is 0 Å². The minimum atomic E-state index is 1.15. The molecule has 11 aromatic rings. The predicted molar refractivity (Wildman–Crippen MR) is 263 cm³/mol. The van der Waals surface area contributed by atoms with Gasteiger partial charge in [0.25, 0.3) is 0 Å². The van der Waals surface area contributed by atoms with Crippen molar-refractivity contribution in [2.24, 2.45) is 0 Å². The summed E-state index contributed by atoms with van der Waals surface area (Å²) >= 11 is 0. The van der Waals surface area contributed by atoms with E-state index in [0.29, 0.717) is 0 Å². The second kappa shape index (κ2) is 16.1. The Morgan fingerprint density at radius 2 is 0.532 bits per heavy atom. The summed E-state index contributed by atoms with van der Waals surface area (Å²) in [5.74, 6) is 0. The maximum absolute atomic E-state index is 4.27. The normalized spacial score (nSPS) is 11.2. The van der Waals surface area contributed by atoms with Crippen molar-refractivity contribution in [3.63, 3.8) is 0 Å². The van der Waals surface area contributed by atoms with Crippen molar-refractivity contribution in [1.82, 2.24) is 4.98 Å². The van der Waals surface area contributed by atoms with Gasteiger partial charge in [-0.1, -0.05) is 206 Å². The van der Waals surface area contributed by atoms with Crippen LogP contribution in [0, 0.1) is 0 Å². The fourth-order valence-corrected chi connectivity index (χ4v) is 9.45. The Morgan fingerprint density at radius 3 is 1.00 bits per heavy atom. The van der Waals surface area contributed by atoms with Gasteiger partial charge in [-0.3, -0.25) is 4.98 Å². The van der Waals surface area contributed by atoms with Gasteiger partial charge in [0, 0.05) is 12.4 Å². The highest BCUT2D eigenvalue weighted by atomic mass is 14.6. The zero-order valence-corrected chi connectivity index (χ0v) is 34.1. The lowest BCUT2D eigenvalue weighted by atomic mass is 9.78. The topological polar surface area (TPSA) is 12.9 Å². The largest absolute Gasteiger partial charge is 0.265 e. The molecule has 1 heteroatoms. The first kappa shape index (κ1) is 36.9. The predicted octanol–water partition coefficient (Wildman–Crippen LogP) is 16.7. The molecule has 0 aliphatic rings. The molecule has 0 saturated heterocycles. The van der Waals surface area contributed by atoms with Gasteiger partial charge in [0.15, 0.2) is 0 Å². The highest BCUT2D eigenvalue weighted by Crippen LogP contribution is 2.51. The highest BCUT2D eigenvalue weighted by molar-refractivity contribution is 6.21. The summed E-state index contributed by atoms with van der Waals surface area (Å²) in [6.07, 6.45) is 3.72. The summed E-state index contributed by atoms with van der Waals surface area (Å²) in [5.41, 5.74) is 19.1. The molecule has 0 radical (unpaired) electrons. The standard InChI is InChI=1S/C61H41N/c1-5-19-43(20-6-1)55-41-56(60(45-23-9-3-10-24-45)61(46-25-11-4-12-26-46)59(55)44-21-7-2-8-22-44)48-28-18-30-50(40-48)58-53-33-15-13-31-51(53)57(52-32-14-16-34-54(52)58)49-29-17-27-47(39-49)42-35-37-62-38-36-42/h1-41H. The summed E-state index contributed by atoms with van der Waals surface area (Å²) < 4.78 is 0. The third-order valence-corrected chi connectivity index (χ3v) is 12.2. The molecule has 0 bridgehead atoms. The highest BCUT2D eigenvalue weighted by Gasteiger charge is 2.24. The monoisotopic (exact) mass is 787 g/mol. The Hall–Kier alpha value is -8.13. The molecule has 0 atom stereocenters. The maximum Gasteiger partial charge on any atom is 0.0273 e. The van der Waals surface area contributed by atoms with Gasteiger partial charge in [0.05, 0.1) is 0 Å². The van der Waals surface area contributed by atoms with Crippen molar-refractivity contribution in [2.75, 3.05) is 0 Å². The maximum atomic E-state index is 4.27. The first-order valence-corrected chi connectivity index (χ1v) is 21.3. The van der Waals surface area contributed by atoms with Gasteiger partial charge in [-0.15, -0.1) is 0 Å². The van der Waals surface area contributed by atoms with Crippen LogP contribution < -0.4 is 0 Å². The SMILES string of the molecule is c1ccc(-c2cc(-c3cccc(-c4c5ccccc5c(-c5cccc(-c6ccncc6)c5)c5ccccc45)c3)c(-c3ccccc3)c(-c3ccccc3)c2-c2ccccc2)cc1. The smallest absolute Gasteiger partial charge is 0.0273 e. The van der Waals surface area contributed by atoms with Crippen molar-refractivity contribution in [2.45, 2.75) is 0 Å². The van der Waals surface area contributed by atoms with E-state index in [-0.39, 0.29) is 0 Å². The number of benzene rings is 10. The average Bonchev–Trinajstić information content (AvgIpc) is 3.36. The fourth-order valence-electron chi connectivity index (χ4n) is 9.45. The molecule has 0 unspecified atom stereocenters. The van der Waals surface area contributed by atoms with Crippen LogP contribution in [0.2, 0.25) is 0 Å². The van der Waals surface area contributed by atoms with Crippen LogP contribution in [0.1, 0.15) is 0 Å². The third-order valence-electron chi connectivity index (χ3n) is 12.2. The van der Waals surface area contributed by atoms with E-state index in [1.165, 1.54) is 99.4 Å². The van der Waals surface area contributed by atoms with Crippen molar-refractivity contribution >= 4 is 21.5 Å². The summed E-state index contributed by atoms with van der Waals surface area (Å²) in [4.78, 5) is 4.27. The van der Waals surface area contributed by atoms with E-state index in [2.05, 4.69) is 242 Å². The molecule has 1 nitrogen and oxygen atoms in total. The zero-order valence-electron chi connectivity index (χ0n) is 34.1. The fraction of sp³-hybridized carbons (Fsp3) is 0. The minimum absolute atomic E-state index is 1.15. The molecule has 62 heavy (non-hydrogen) atoms. The van der Waals surface area contributed by atoms with Crippen molar-refractivity contribution in [3.8, 4) is 89.0 Å². The second-order valence-electron chi connectivity index (χ2n) is 15.8. The molecule has 0 spiro atoms. The molecule has 0 N–H and O–H groups in total. The van der Waals surface area contributed by atoms with Crippen LogP contribution in [0.25, 0.3) is 111 Å². The molecule has 0 amide bonds. The van der Waals surface area contributed by atoms with Crippen LogP contribution in [-0.2, 0) is 0 Å². The first-order chi connectivity index (χ1) is 30.8. The second-order valence-corrected chi connectivity index (χ2v) is 15.8. The van der Waals surface area contributed by atoms with Gasteiger partial charge in [0.1, 0.15) is 0 Å². The molecule has 1 aromatic heterocycles. The third kappa shape index (κ3) is 6.67. The molecule has 10 aromatic carbocycles. The van der Waals surface area contributed by atoms with Crippen LogP contribution in [0.15, 0.2) is 249 Å². The van der Waals surface area contributed by atoms with Crippen LogP contribution >= 0.6 is 0 Å². The van der Waals surface area contributed by atoms with E-state index < -0.39 is 0 Å². The summed E-state index contributed by atoms with van der Waals surface area (Å²) in [5, 5.41) is 4.91. The van der Waals surface area contributed by atoms with E-state index in [1.807, 2.05) is 12.4 Å². The Balaban J connectivity index is 1.20. The van der Waals surface area contributed by atoms with Gasteiger partial charge in [-0.05, 0) is 141 Å². The molecule has 0 fully saturated rings. The number of fused-ring (bicyclic) bond motifs is 2. The molecule has 0 aliphatic heterocycles. The number of rotatable bonds is 8. The van der Waals surface area contributed by atoms with E-state index >= 15 is 0 Å². The van der Waals surface area contributed by atoms with E-state index in [0.717, 1.165) is 11.1 Å². The lowest BCUT2D eigenvalue weighted by molar-refractivity contribution is 1.33. The quantitative estimate of drug-likeness (QED) is 0.140. The van der Waals surface area contributed by atoms with Crippen molar-refractivity contribution in [3.05, 3.63) is 249 Å². The van der Waals surface area contributed by atoms with Crippen LogP contribution in [0.5, 0.6) is 0 Å². The van der Waals surface area contributed by atoms with Gasteiger partial charge in [-0.2, -0.15) is 0 Å². The Kier molecular flexibility index (Phi) is 9.61. The lowest BCUT2D eigenvalue weighted by Gasteiger charge is -2.25. The van der Waals surface area contributed by atoms with Gasteiger partial charge >= 0.3 is 0 Å². The summed E-state index contributed by atoms with van der Waals surface area (Å²) in [6.45, 7) is 0. The van der Waals surface area contributed by atoms with Crippen LogP contribution in [0.3, 0.4) is 0 Å². The van der Waals surface area contributed by atoms with Crippen molar-refractivity contribution in [1.29, 1.82) is 0 Å². The summed E-state index contributed by atoms with van der Waals surface area (Å²) in [7, 11) is 0. The molecule has 0 saturated carbocycles. The van der Waals surface area contributed by atoms with Crippen molar-refractivity contribution < 1.29 is 0 Å². The van der Waals surface area contributed by atoms with Crippen LogP contribution in [-0.4, -0.2) is 4.98 Å². The molecular formula is C61H41N. The Labute approximate surface area is 362 Å². The molecule has 1 heterocycles. The number of hydrogen-bond acceptors (Lipinski definition) is 1. The Morgan fingerprint density at radius 1 is 0.194 bits per heavy atom. The van der Waals surface area contributed by atoms with E-state index in [1.54, 1.807) is 0 Å². The van der Waals surface area contributed by atoms with E-state index in [4.69, 9.17) is 0 Å². The zero-order chi connectivity index (χ0) is 41.2. The van der Waals surface area contributed by atoms with Gasteiger partial charge < -0.3 is 0 Å². The number of aromatic nitrogens is 1. The summed E-state index contributed by atoms with van der Waals surface area (Å²) in [6, 6.07) is 86.3. The Bertz CT molecular complexity index is 3300. The average molecular weight is 788 g/mol. The van der Waals surface area contributed by atoms with Gasteiger partial charge in [-0.25, -0.2) is 0 Å². The van der Waals surface area contributed by atoms with E-state index in [9.17, 15) is 0 Å². The number of hydrogen-bond donors (Lipinski definition) is 0. The number of pyridine rings is 1. The first-order valence-electron chi connectivity index (χ1n) is 21.3. The van der Waals surface area contributed by atoms with Gasteiger partial charge in [0.2, 0.25) is 0 Å². The number of nitrogens with zero attached hydrogens (tertiary/aromatic N) is 1. The molecule has 0 aliphatic carbocycles.